The van der Waals surface area contributed by atoms with Gasteiger partial charge < -0.3 is 20.6 Å². The maximum absolute atomic E-state index is 10.9. The molecule has 1 atom stereocenters. The Morgan fingerprint density at radius 2 is 2.11 bits per heavy atom. The molecule has 0 heterocycles. The van der Waals surface area contributed by atoms with Crippen molar-refractivity contribution in [3.63, 3.8) is 0 Å². The van der Waals surface area contributed by atoms with Gasteiger partial charge in [0.2, 0.25) is 0 Å². The van der Waals surface area contributed by atoms with E-state index < -0.39 is 17.6 Å². The molecule has 1 unspecified atom stereocenters. The fraction of sp³-hybridized carbons (Fsp3) is 0.455. The van der Waals surface area contributed by atoms with E-state index in [-0.39, 0.29) is 25.3 Å². The molecular formula is C11H16N2O5. The Kier molecular flexibility index (Phi) is 5.50. The normalized spacial score (nSPS) is 12.2. The molecule has 0 spiro atoms. The van der Waals surface area contributed by atoms with E-state index in [1.807, 2.05) is 0 Å². The van der Waals surface area contributed by atoms with Crippen LogP contribution < -0.4 is 5.32 Å². The van der Waals surface area contributed by atoms with Crippen LogP contribution in [0.1, 0.15) is 5.56 Å². The van der Waals surface area contributed by atoms with Gasteiger partial charge in [-0.05, 0) is 11.6 Å². The minimum atomic E-state index is -0.930. The molecule has 0 amide bonds. The van der Waals surface area contributed by atoms with Gasteiger partial charge in [-0.25, -0.2) is 0 Å². The maximum atomic E-state index is 10.9. The van der Waals surface area contributed by atoms with Crippen molar-refractivity contribution in [3.05, 3.63) is 33.9 Å². The van der Waals surface area contributed by atoms with Crippen LogP contribution in [-0.4, -0.2) is 46.1 Å². The number of hydrogen-bond acceptors (Lipinski definition) is 6. The van der Waals surface area contributed by atoms with Crippen LogP contribution in [0.25, 0.3) is 0 Å². The summed E-state index contributed by atoms with van der Waals surface area (Å²) in [6.45, 7) is -0.292. The monoisotopic (exact) mass is 256 g/mol. The Morgan fingerprint density at radius 3 is 2.67 bits per heavy atom. The van der Waals surface area contributed by atoms with Crippen molar-refractivity contribution in [1.29, 1.82) is 0 Å². The summed E-state index contributed by atoms with van der Waals surface area (Å²) in [5.74, 6) is 0. The van der Waals surface area contributed by atoms with Crippen molar-refractivity contribution in [3.8, 4) is 0 Å². The van der Waals surface area contributed by atoms with Crippen LogP contribution in [0.4, 0.5) is 11.4 Å². The van der Waals surface area contributed by atoms with Gasteiger partial charge in [-0.3, -0.25) is 10.1 Å². The van der Waals surface area contributed by atoms with E-state index in [4.69, 9.17) is 10.2 Å². The Labute approximate surface area is 104 Å². The molecule has 18 heavy (non-hydrogen) atoms. The number of aliphatic hydroxyl groups excluding tert-OH is 3. The van der Waals surface area contributed by atoms with Gasteiger partial charge in [-0.15, -0.1) is 0 Å². The molecule has 0 radical (unpaired) electrons. The fourth-order valence-corrected chi connectivity index (χ4v) is 1.53. The Hall–Kier alpha value is -1.70. The SMILES string of the molecule is O=[N+]([O-])c1cc(CC(O)CO)ccc1NCCO. The van der Waals surface area contributed by atoms with Crippen LogP contribution in [-0.2, 0) is 6.42 Å². The minimum absolute atomic E-state index is 0.119. The molecular weight excluding hydrogens is 240 g/mol. The van der Waals surface area contributed by atoms with E-state index in [1.165, 1.54) is 12.1 Å². The maximum Gasteiger partial charge on any atom is 0.292 e. The van der Waals surface area contributed by atoms with Crippen molar-refractivity contribution in [2.45, 2.75) is 12.5 Å². The molecule has 0 bridgehead atoms. The van der Waals surface area contributed by atoms with Crippen LogP contribution in [0, 0.1) is 10.1 Å². The van der Waals surface area contributed by atoms with Gasteiger partial charge in [-0.1, -0.05) is 6.07 Å². The van der Waals surface area contributed by atoms with Crippen LogP contribution in [0.15, 0.2) is 18.2 Å². The lowest BCUT2D eigenvalue weighted by Crippen LogP contribution is -2.15. The molecule has 100 valence electrons. The molecule has 0 fully saturated rings. The Bertz CT molecular complexity index is 410. The number of nitro groups is 1. The van der Waals surface area contributed by atoms with E-state index in [1.54, 1.807) is 6.07 Å². The topological polar surface area (TPSA) is 116 Å². The summed E-state index contributed by atoms with van der Waals surface area (Å²) in [6, 6.07) is 4.50. The third kappa shape index (κ3) is 3.95. The summed E-state index contributed by atoms with van der Waals surface area (Å²) in [6.07, 6.45) is -0.779. The largest absolute Gasteiger partial charge is 0.395 e. The van der Waals surface area contributed by atoms with Gasteiger partial charge >= 0.3 is 0 Å². The molecule has 0 saturated heterocycles. The predicted molar refractivity (Wildman–Crippen MR) is 65.5 cm³/mol. The molecule has 4 N–H and O–H groups in total. The third-order valence-corrected chi connectivity index (χ3v) is 2.37. The lowest BCUT2D eigenvalue weighted by molar-refractivity contribution is -0.384. The number of nitrogens with zero attached hydrogens (tertiary/aromatic N) is 1. The second-order valence-electron chi connectivity index (χ2n) is 3.80. The quantitative estimate of drug-likeness (QED) is 0.400. The van der Waals surface area contributed by atoms with E-state index >= 15 is 0 Å². The number of nitrogens with one attached hydrogen (secondary N) is 1. The summed E-state index contributed by atoms with van der Waals surface area (Å²) in [5.41, 5.74) is 0.764. The molecule has 1 aromatic carbocycles. The highest BCUT2D eigenvalue weighted by atomic mass is 16.6. The van der Waals surface area contributed by atoms with E-state index in [9.17, 15) is 15.2 Å². The lowest BCUT2D eigenvalue weighted by atomic mass is 10.1. The third-order valence-electron chi connectivity index (χ3n) is 2.37. The predicted octanol–water partition coefficient (Wildman–Crippen LogP) is -0.105. The van der Waals surface area contributed by atoms with Gasteiger partial charge in [0.1, 0.15) is 5.69 Å². The zero-order chi connectivity index (χ0) is 13.5. The molecule has 0 aliphatic rings. The van der Waals surface area contributed by atoms with Gasteiger partial charge in [0, 0.05) is 19.0 Å². The molecule has 7 heteroatoms. The molecule has 0 aromatic heterocycles. The number of hydrogen-bond donors (Lipinski definition) is 4. The van der Waals surface area contributed by atoms with Gasteiger partial charge in [0.15, 0.2) is 0 Å². The summed E-state index contributed by atoms with van der Waals surface area (Å²) >= 11 is 0. The van der Waals surface area contributed by atoms with Crippen molar-refractivity contribution in [2.75, 3.05) is 25.1 Å². The number of rotatable bonds is 7. The number of aliphatic hydroxyl groups is 3. The Balaban J connectivity index is 2.92. The highest BCUT2D eigenvalue weighted by Crippen LogP contribution is 2.25. The summed E-state index contributed by atoms with van der Waals surface area (Å²) in [4.78, 5) is 10.4. The van der Waals surface area contributed by atoms with Gasteiger partial charge in [0.05, 0.1) is 24.2 Å². The highest BCUT2D eigenvalue weighted by molar-refractivity contribution is 5.62. The molecule has 1 rings (SSSR count). The number of anilines is 1. The molecule has 0 aliphatic heterocycles. The van der Waals surface area contributed by atoms with E-state index in [0.29, 0.717) is 11.3 Å². The Morgan fingerprint density at radius 1 is 1.39 bits per heavy atom. The average molecular weight is 256 g/mol. The number of benzene rings is 1. The molecule has 7 nitrogen and oxygen atoms in total. The van der Waals surface area contributed by atoms with Gasteiger partial charge in [0.25, 0.3) is 5.69 Å². The summed E-state index contributed by atoms with van der Waals surface area (Å²) in [5, 5.41) is 40.3. The van der Waals surface area contributed by atoms with Crippen LogP contribution in [0.3, 0.4) is 0 Å². The first kappa shape index (κ1) is 14.4. The smallest absolute Gasteiger partial charge is 0.292 e. The molecule has 0 saturated carbocycles. The van der Waals surface area contributed by atoms with Crippen molar-refractivity contribution in [1.82, 2.24) is 0 Å². The fourth-order valence-electron chi connectivity index (χ4n) is 1.53. The van der Waals surface area contributed by atoms with Crippen molar-refractivity contribution < 1.29 is 20.2 Å². The molecule has 1 aromatic rings. The molecule has 0 aliphatic carbocycles. The minimum Gasteiger partial charge on any atom is -0.395 e. The number of nitro benzene ring substituents is 1. The van der Waals surface area contributed by atoms with Crippen molar-refractivity contribution >= 4 is 11.4 Å². The first-order chi connectivity index (χ1) is 8.58. The van der Waals surface area contributed by atoms with Crippen LogP contribution >= 0.6 is 0 Å². The van der Waals surface area contributed by atoms with E-state index in [2.05, 4.69) is 5.32 Å². The van der Waals surface area contributed by atoms with Crippen molar-refractivity contribution in [2.24, 2.45) is 0 Å². The first-order valence-corrected chi connectivity index (χ1v) is 5.49. The summed E-state index contributed by atoms with van der Waals surface area (Å²) < 4.78 is 0. The van der Waals surface area contributed by atoms with Crippen LogP contribution in [0.5, 0.6) is 0 Å². The second-order valence-corrected chi connectivity index (χ2v) is 3.80. The van der Waals surface area contributed by atoms with Gasteiger partial charge in [-0.2, -0.15) is 0 Å². The first-order valence-electron chi connectivity index (χ1n) is 5.49. The summed E-state index contributed by atoms with van der Waals surface area (Å²) in [7, 11) is 0. The van der Waals surface area contributed by atoms with Crippen LogP contribution in [0.2, 0.25) is 0 Å². The second kappa shape index (κ2) is 6.90. The zero-order valence-corrected chi connectivity index (χ0v) is 9.74. The average Bonchev–Trinajstić information content (AvgIpc) is 2.36. The van der Waals surface area contributed by atoms with E-state index in [0.717, 1.165) is 0 Å². The zero-order valence-electron chi connectivity index (χ0n) is 9.74. The standard InChI is InChI=1S/C11H16N2O5/c14-4-3-12-10-2-1-8(5-9(16)7-15)6-11(10)13(17)18/h1-2,6,9,12,14-16H,3-5,7H2. The highest BCUT2D eigenvalue weighted by Gasteiger charge is 2.15. The lowest BCUT2D eigenvalue weighted by Gasteiger charge is -2.09.